The first-order valence-corrected chi connectivity index (χ1v) is 6.53. The fraction of sp³-hybridized carbons (Fsp3) is 1.00. The van der Waals surface area contributed by atoms with E-state index in [-0.39, 0.29) is 5.54 Å². The monoisotopic (exact) mass is 216 g/mol. The van der Waals surface area contributed by atoms with Crippen molar-refractivity contribution in [1.29, 1.82) is 0 Å². The molecule has 4 heteroatoms. The van der Waals surface area contributed by atoms with Crippen LogP contribution in [0.2, 0.25) is 0 Å². The first-order chi connectivity index (χ1) is 6.79. The van der Waals surface area contributed by atoms with Gasteiger partial charge in [0, 0.05) is 31.4 Å². The van der Waals surface area contributed by atoms with Gasteiger partial charge in [-0.2, -0.15) is 11.8 Å². The normalized spacial score (nSPS) is 40.3. The van der Waals surface area contributed by atoms with Gasteiger partial charge in [0.2, 0.25) is 0 Å². The first kappa shape index (κ1) is 10.7. The Balaban J connectivity index is 2.09. The van der Waals surface area contributed by atoms with Gasteiger partial charge in [0.15, 0.2) is 0 Å². The van der Waals surface area contributed by atoms with Crippen LogP contribution in [-0.4, -0.2) is 59.3 Å². The van der Waals surface area contributed by atoms with E-state index in [1.807, 2.05) is 11.8 Å². The minimum atomic E-state index is 0.0762. The second-order valence-corrected chi connectivity index (χ2v) is 5.71. The predicted octanol–water partition coefficient (Wildman–Crippen LogP) is 0.148. The van der Waals surface area contributed by atoms with Crippen molar-refractivity contribution in [2.24, 2.45) is 0 Å². The van der Waals surface area contributed by atoms with Crippen molar-refractivity contribution >= 4 is 11.8 Å². The number of hydrogen-bond donors (Lipinski definition) is 2. The third-order valence-electron chi connectivity index (χ3n) is 3.68. The summed E-state index contributed by atoms with van der Waals surface area (Å²) in [6.07, 6.45) is 1.15. The Morgan fingerprint density at radius 2 is 2.21 bits per heavy atom. The fourth-order valence-corrected chi connectivity index (χ4v) is 4.08. The summed E-state index contributed by atoms with van der Waals surface area (Å²) in [5.41, 5.74) is 0.0762. The van der Waals surface area contributed by atoms with Gasteiger partial charge >= 0.3 is 0 Å². The van der Waals surface area contributed by atoms with E-state index in [9.17, 15) is 5.11 Å². The summed E-state index contributed by atoms with van der Waals surface area (Å²) in [6, 6.07) is 0. The molecule has 0 radical (unpaired) electrons. The van der Waals surface area contributed by atoms with Crippen molar-refractivity contribution in [2.45, 2.75) is 24.1 Å². The Morgan fingerprint density at radius 1 is 1.50 bits per heavy atom. The van der Waals surface area contributed by atoms with Crippen molar-refractivity contribution < 1.29 is 5.11 Å². The lowest BCUT2D eigenvalue weighted by Gasteiger charge is -2.44. The number of hydrogen-bond acceptors (Lipinski definition) is 4. The summed E-state index contributed by atoms with van der Waals surface area (Å²) in [7, 11) is 0. The minimum absolute atomic E-state index is 0.0762. The number of aliphatic hydroxyl groups excluding tert-OH is 1. The van der Waals surface area contributed by atoms with Crippen LogP contribution >= 0.6 is 11.8 Å². The van der Waals surface area contributed by atoms with Crippen molar-refractivity contribution in [3.05, 3.63) is 0 Å². The molecule has 0 spiro atoms. The van der Waals surface area contributed by atoms with Crippen LogP contribution in [0.4, 0.5) is 0 Å². The molecule has 2 fully saturated rings. The van der Waals surface area contributed by atoms with Gasteiger partial charge in [-0.05, 0) is 12.2 Å². The lowest BCUT2D eigenvalue weighted by atomic mass is 9.91. The number of piperazine rings is 1. The molecule has 2 aliphatic heterocycles. The van der Waals surface area contributed by atoms with E-state index in [2.05, 4.69) is 17.1 Å². The van der Waals surface area contributed by atoms with Crippen molar-refractivity contribution in [3.63, 3.8) is 0 Å². The van der Waals surface area contributed by atoms with Gasteiger partial charge in [-0.15, -0.1) is 0 Å². The molecule has 2 saturated heterocycles. The van der Waals surface area contributed by atoms with E-state index >= 15 is 0 Å². The molecule has 14 heavy (non-hydrogen) atoms. The van der Waals surface area contributed by atoms with E-state index in [0.29, 0.717) is 11.9 Å². The second-order valence-electron chi connectivity index (χ2n) is 4.26. The van der Waals surface area contributed by atoms with Gasteiger partial charge in [0.25, 0.3) is 0 Å². The van der Waals surface area contributed by atoms with Gasteiger partial charge < -0.3 is 10.4 Å². The maximum Gasteiger partial charge on any atom is 0.0626 e. The van der Waals surface area contributed by atoms with Crippen molar-refractivity contribution in [1.82, 2.24) is 10.2 Å². The lowest BCUT2D eigenvalue weighted by Crippen LogP contribution is -2.60. The van der Waals surface area contributed by atoms with Crippen LogP contribution < -0.4 is 5.32 Å². The molecule has 3 nitrogen and oxygen atoms in total. The zero-order chi connectivity index (χ0) is 10.0. The average molecular weight is 216 g/mol. The fourth-order valence-electron chi connectivity index (χ4n) is 2.60. The maximum atomic E-state index is 9.66. The van der Waals surface area contributed by atoms with Crippen LogP contribution in [0, 0.1) is 0 Å². The Kier molecular flexibility index (Phi) is 3.37. The number of nitrogens with one attached hydrogen (secondary N) is 1. The highest BCUT2D eigenvalue weighted by molar-refractivity contribution is 8.00. The smallest absolute Gasteiger partial charge is 0.0626 e. The van der Waals surface area contributed by atoms with Gasteiger partial charge in [0.1, 0.15) is 0 Å². The van der Waals surface area contributed by atoms with Gasteiger partial charge in [0.05, 0.1) is 12.1 Å². The van der Waals surface area contributed by atoms with Gasteiger partial charge in [-0.25, -0.2) is 0 Å². The number of aliphatic hydroxyl groups is 1. The lowest BCUT2D eigenvalue weighted by molar-refractivity contribution is 0.0242. The standard InChI is InChI=1S/C10H20N2OS/c1-9-10(8-13,2-7-14-9)12-5-3-11-4-6-12/h9,11,13H,2-8H2,1H3. The summed E-state index contributed by atoms with van der Waals surface area (Å²) in [4.78, 5) is 2.49. The molecule has 0 aromatic carbocycles. The molecular weight excluding hydrogens is 196 g/mol. The van der Waals surface area contributed by atoms with Crippen LogP contribution in [-0.2, 0) is 0 Å². The molecule has 0 aliphatic carbocycles. The molecule has 2 atom stereocenters. The van der Waals surface area contributed by atoms with Gasteiger partial charge in [-0.1, -0.05) is 6.92 Å². The molecule has 0 saturated carbocycles. The first-order valence-electron chi connectivity index (χ1n) is 5.48. The summed E-state index contributed by atoms with van der Waals surface area (Å²) < 4.78 is 0. The van der Waals surface area contributed by atoms with Crippen molar-refractivity contribution in [2.75, 3.05) is 38.5 Å². The predicted molar refractivity (Wildman–Crippen MR) is 60.8 cm³/mol. The molecule has 2 N–H and O–H groups in total. The maximum absolute atomic E-state index is 9.66. The summed E-state index contributed by atoms with van der Waals surface area (Å²) in [6.45, 7) is 6.90. The Hall–Kier alpha value is 0.230. The molecule has 0 amide bonds. The molecular formula is C10H20N2OS. The highest BCUT2D eigenvalue weighted by Crippen LogP contribution is 2.39. The minimum Gasteiger partial charge on any atom is -0.394 e. The molecule has 2 heterocycles. The largest absolute Gasteiger partial charge is 0.394 e. The Bertz CT molecular complexity index is 197. The molecule has 82 valence electrons. The van der Waals surface area contributed by atoms with E-state index in [0.717, 1.165) is 32.6 Å². The van der Waals surface area contributed by atoms with Crippen LogP contribution in [0.3, 0.4) is 0 Å². The van der Waals surface area contributed by atoms with E-state index in [4.69, 9.17) is 0 Å². The zero-order valence-electron chi connectivity index (χ0n) is 8.83. The summed E-state index contributed by atoms with van der Waals surface area (Å²) in [5, 5.41) is 13.6. The zero-order valence-corrected chi connectivity index (χ0v) is 9.65. The number of thioether (sulfide) groups is 1. The van der Waals surface area contributed by atoms with Gasteiger partial charge in [-0.3, -0.25) is 4.90 Å². The topological polar surface area (TPSA) is 35.5 Å². The quantitative estimate of drug-likeness (QED) is 0.689. The number of nitrogens with zero attached hydrogens (tertiary/aromatic N) is 1. The summed E-state index contributed by atoms with van der Waals surface area (Å²) in [5.74, 6) is 1.20. The Morgan fingerprint density at radius 3 is 2.71 bits per heavy atom. The molecule has 0 bridgehead atoms. The molecule has 2 aliphatic rings. The third kappa shape index (κ3) is 1.69. The SMILES string of the molecule is CC1SCCC1(CO)N1CCNCC1. The average Bonchev–Trinajstić information content (AvgIpc) is 2.62. The highest BCUT2D eigenvalue weighted by Gasteiger charge is 2.45. The molecule has 2 unspecified atom stereocenters. The van der Waals surface area contributed by atoms with E-state index < -0.39 is 0 Å². The second kappa shape index (κ2) is 4.39. The van der Waals surface area contributed by atoms with Crippen LogP contribution in [0.5, 0.6) is 0 Å². The van der Waals surface area contributed by atoms with Crippen LogP contribution in [0.25, 0.3) is 0 Å². The van der Waals surface area contributed by atoms with Crippen LogP contribution in [0.15, 0.2) is 0 Å². The van der Waals surface area contributed by atoms with E-state index in [1.165, 1.54) is 5.75 Å². The summed E-state index contributed by atoms with van der Waals surface area (Å²) >= 11 is 2.00. The van der Waals surface area contributed by atoms with Crippen molar-refractivity contribution in [3.8, 4) is 0 Å². The third-order valence-corrected chi connectivity index (χ3v) is 5.06. The molecule has 2 rings (SSSR count). The molecule has 0 aromatic rings. The molecule has 0 aromatic heterocycles. The Labute approximate surface area is 90.2 Å². The van der Waals surface area contributed by atoms with E-state index in [1.54, 1.807) is 0 Å². The number of rotatable bonds is 2. The van der Waals surface area contributed by atoms with Crippen LogP contribution in [0.1, 0.15) is 13.3 Å². The highest BCUT2D eigenvalue weighted by atomic mass is 32.2.